The van der Waals surface area contributed by atoms with E-state index >= 15 is 0 Å². The molecule has 2 aromatic rings. The second-order valence-electron chi connectivity index (χ2n) is 5.39. The third-order valence-corrected chi connectivity index (χ3v) is 3.67. The number of piperidine rings is 1. The zero-order valence-corrected chi connectivity index (χ0v) is 12.5. The fourth-order valence-electron chi connectivity index (χ4n) is 2.67. The maximum Gasteiger partial charge on any atom is 0.222 e. The number of aryl methyl sites for hydroxylation is 2. The van der Waals surface area contributed by atoms with Gasteiger partial charge in [-0.25, -0.2) is 19.9 Å². The molecule has 0 amide bonds. The molecule has 1 aliphatic rings. The Morgan fingerprint density at radius 3 is 2.48 bits per heavy atom. The SMILES string of the molecule is Cc1cc(N2CCC(Nc3ncccn3)CC2)nc(C)n1. The average Bonchev–Trinajstić information content (AvgIpc) is 2.48. The lowest BCUT2D eigenvalue weighted by molar-refractivity contribution is 0.520. The van der Waals surface area contributed by atoms with Gasteiger partial charge in [0.15, 0.2) is 0 Å². The van der Waals surface area contributed by atoms with Crippen LogP contribution in [0, 0.1) is 13.8 Å². The van der Waals surface area contributed by atoms with E-state index in [-0.39, 0.29) is 0 Å². The van der Waals surface area contributed by atoms with Crippen LogP contribution in [-0.2, 0) is 0 Å². The minimum Gasteiger partial charge on any atom is -0.356 e. The highest BCUT2D eigenvalue weighted by Crippen LogP contribution is 2.20. The fourth-order valence-corrected chi connectivity index (χ4v) is 2.67. The number of nitrogens with zero attached hydrogens (tertiary/aromatic N) is 5. The number of hydrogen-bond acceptors (Lipinski definition) is 6. The monoisotopic (exact) mass is 284 g/mol. The van der Waals surface area contributed by atoms with E-state index in [1.165, 1.54) is 0 Å². The van der Waals surface area contributed by atoms with Crippen molar-refractivity contribution in [2.24, 2.45) is 0 Å². The smallest absolute Gasteiger partial charge is 0.222 e. The molecule has 6 heteroatoms. The molecule has 110 valence electrons. The lowest BCUT2D eigenvalue weighted by Crippen LogP contribution is -2.40. The van der Waals surface area contributed by atoms with Crippen LogP contribution in [0.1, 0.15) is 24.4 Å². The molecule has 3 heterocycles. The summed E-state index contributed by atoms with van der Waals surface area (Å²) >= 11 is 0. The van der Waals surface area contributed by atoms with E-state index in [9.17, 15) is 0 Å². The first-order valence-corrected chi connectivity index (χ1v) is 7.31. The highest BCUT2D eigenvalue weighted by Gasteiger charge is 2.21. The van der Waals surface area contributed by atoms with Gasteiger partial charge in [-0.1, -0.05) is 0 Å². The predicted octanol–water partition coefficient (Wildman–Crippen LogP) is 1.96. The van der Waals surface area contributed by atoms with Crippen molar-refractivity contribution >= 4 is 11.8 Å². The van der Waals surface area contributed by atoms with Crippen molar-refractivity contribution in [2.75, 3.05) is 23.3 Å². The van der Waals surface area contributed by atoms with Gasteiger partial charge in [0.2, 0.25) is 5.95 Å². The maximum absolute atomic E-state index is 4.54. The lowest BCUT2D eigenvalue weighted by Gasteiger charge is -2.33. The van der Waals surface area contributed by atoms with E-state index in [4.69, 9.17) is 0 Å². The molecule has 0 unspecified atom stereocenters. The van der Waals surface area contributed by atoms with Gasteiger partial charge in [-0.05, 0) is 32.8 Å². The van der Waals surface area contributed by atoms with Crippen molar-refractivity contribution in [3.05, 3.63) is 36.0 Å². The molecule has 1 N–H and O–H groups in total. The van der Waals surface area contributed by atoms with E-state index in [1.54, 1.807) is 12.4 Å². The van der Waals surface area contributed by atoms with Gasteiger partial charge in [-0.15, -0.1) is 0 Å². The van der Waals surface area contributed by atoms with Gasteiger partial charge in [0.1, 0.15) is 11.6 Å². The Morgan fingerprint density at radius 1 is 1.10 bits per heavy atom. The van der Waals surface area contributed by atoms with Crippen LogP contribution in [0.2, 0.25) is 0 Å². The first-order chi connectivity index (χ1) is 10.2. The van der Waals surface area contributed by atoms with E-state index in [2.05, 4.69) is 36.2 Å². The zero-order chi connectivity index (χ0) is 14.7. The van der Waals surface area contributed by atoms with Crippen LogP contribution in [0.5, 0.6) is 0 Å². The van der Waals surface area contributed by atoms with Crippen molar-refractivity contribution < 1.29 is 0 Å². The summed E-state index contributed by atoms with van der Waals surface area (Å²) in [6.07, 6.45) is 5.63. The van der Waals surface area contributed by atoms with Crippen molar-refractivity contribution in [1.29, 1.82) is 0 Å². The number of nitrogens with one attached hydrogen (secondary N) is 1. The molecule has 0 aliphatic carbocycles. The van der Waals surface area contributed by atoms with Crippen LogP contribution in [0.4, 0.5) is 11.8 Å². The minimum absolute atomic E-state index is 0.424. The zero-order valence-electron chi connectivity index (χ0n) is 12.5. The molecule has 1 aliphatic heterocycles. The number of anilines is 2. The van der Waals surface area contributed by atoms with Crippen molar-refractivity contribution in [3.63, 3.8) is 0 Å². The van der Waals surface area contributed by atoms with Crippen LogP contribution >= 0.6 is 0 Å². The van der Waals surface area contributed by atoms with Crippen LogP contribution < -0.4 is 10.2 Å². The average molecular weight is 284 g/mol. The molecular weight excluding hydrogens is 264 g/mol. The van der Waals surface area contributed by atoms with Gasteiger partial charge in [-0.2, -0.15) is 0 Å². The highest BCUT2D eigenvalue weighted by molar-refractivity contribution is 5.40. The summed E-state index contributed by atoms with van der Waals surface area (Å²) in [5.74, 6) is 2.59. The van der Waals surface area contributed by atoms with Crippen molar-refractivity contribution in [3.8, 4) is 0 Å². The Balaban J connectivity index is 1.60. The molecule has 2 aromatic heterocycles. The summed E-state index contributed by atoms with van der Waals surface area (Å²) in [4.78, 5) is 19.6. The normalized spacial score (nSPS) is 16.0. The van der Waals surface area contributed by atoms with Gasteiger partial charge in [0.25, 0.3) is 0 Å². The van der Waals surface area contributed by atoms with Gasteiger partial charge >= 0.3 is 0 Å². The molecule has 3 rings (SSSR count). The fraction of sp³-hybridized carbons (Fsp3) is 0.467. The van der Waals surface area contributed by atoms with Crippen LogP contribution in [0.25, 0.3) is 0 Å². The summed E-state index contributed by atoms with van der Waals surface area (Å²) in [7, 11) is 0. The van der Waals surface area contributed by atoms with Crippen LogP contribution in [0.3, 0.4) is 0 Å². The van der Waals surface area contributed by atoms with E-state index < -0.39 is 0 Å². The molecule has 1 saturated heterocycles. The van der Waals surface area contributed by atoms with E-state index in [0.29, 0.717) is 12.0 Å². The van der Waals surface area contributed by atoms with E-state index in [1.807, 2.05) is 19.9 Å². The van der Waals surface area contributed by atoms with Gasteiger partial charge in [0, 0.05) is 43.3 Å². The Kier molecular flexibility index (Phi) is 3.94. The second-order valence-corrected chi connectivity index (χ2v) is 5.39. The van der Waals surface area contributed by atoms with E-state index in [0.717, 1.165) is 43.3 Å². The standard InChI is InChI=1S/C15H20N6/c1-11-10-14(19-12(2)18-11)21-8-4-13(5-9-21)20-15-16-6-3-7-17-15/h3,6-7,10,13H,4-5,8-9H2,1-2H3,(H,16,17,20). The molecule has 0 bridgehead atoms. The first-order valence-electron chi connectivity index (χ1n) is 7.31. The Hall–Kier alpha value is -2.24. The molecule has 0 atom stereocenters. The summed E-state index contributed by atoms with van der Waals surface area (Å²) in [6.45, 7) is 5.93. The molecule has 6 nitrogen and oxygen atoms in total. The maximum atomic E-state index is 4.54. The molecule has 21 heavy (non-hydrogen) atoms. The molecular formula is C15H20N6. The first kappa shape index (κ1) is 13.7. The van der Waals surface area contributed by atoms with Crippen LogP contribution in [0.15, 0.2) is 24.5 Å². The third kappa shape index (κ3) is 3.45. The van der Waals surface area contributed by atoms with Gasteiger partial charge < -0.3 is 10.2 Å². The summed E-state index contributed by atoms with van der Waals surface area (Å²) < 4.78 is 0. The largest absolute Gasteiger partial charge is 0.356 e. The highest BCUT2D eigenvalue weighted by atomic mass is 15.2. The minimum atomic E-state index is 0.424. The summed E-state index contributed by atoms with van der Waals surface area (Å²) in [5.41, 5.74) is 1.02. The number of hydrogen-bond donors (Lipinski definition) is 1. The second kappa shape index (κ2) is 6.03. The predicted molar refractivity (Wildman–Crippen MR) is 82.4 cm³/mol. The molecule has 0 saturated carbocycles. The molecule has 0 spiro atoms. The molecule has 1 fully saturated rings. The van der Waals surface area contributed by atoms with Crippen molar-refractivity contribution in [2.45, 2.75) is 32.7 Å². The van der Waals surface area contributed by atoms with Gasteiger partial charge in [0.05, 0.1) is 0 Å². The lowest BCUT2D eigenvalue weighted by atomic mass is 10.1. The summed E-state index contributed by atoms with van der Waals surface area (Å²) in [5, 5.41) is 3.39. The summed E-state index contributed by atoms with van der Waals surface area (Å²) in [6, 6.07) is 4.31. The quantitative estimate of drug-likeness (QED) is 0.929. The molecule has 0 aromatic carbocycles. The van der Waals surface area contributed by atoms with Gasteiger partial charge in [-0.3, -0.25) is 0 Å². The number of rotatable bonds is 3. The van der Waals surface area contributed by atoms with Crippen LogP contribution in [-0.4, -0.2) is 39.1 Å². The molecule has 0 radical (unpaired) electrons. The number of aromatic nitrogens is 4. The Bertz CT molecular complexity index is 572. The Morgan fingerprint density at radius 2 is 1.81 bits per heavy atom. The van der Waals surface area contributed by atoms with Crippen molar-refractivity contribution in [1.82, 2.24) is 19.9 Å². The third-order valence-electron chi connectivity index (χ3n) is 3.67. The Labute approximate surface area is 124 Å². The topological polar surface area (TPSA) is 66.8 Å².